The number of nitrogens with two attached hydrogens (primary N) is 1. The van der Waals surface area contributed by atoms with Gasteiger partial charge in [0, 0.05) is 23.6 Å². The molecule has 0 aliphatic rings. The molecule has 0 bridgehead atoms. The second-order valence-electron chi connectivity index (χ2n) is 5.13. The third kappa shape index (κ3) is 3.28. The highest BCUT2D eigenvalue weighted by Gasteiger charge is 2.16. The van der Waals surface area contributed by atoms with Crippen molar-refractivity contribution in [1.29, 1.82) is 0 Å². The summed E-state index contributed by atoms with van der Waals surface area (Å²) in [5.74, 6) is 1.75. The predicted molar refractivity (Wildman–Crippen MR) is 86.8 cm³/mol. The Morgan fingerprint density at radius 3 is 2.45 bits per heavy atom. The first-order valence-corrected chi connectivity index (χ1v) is 7.34. The van der Waals surface area contributed by atoms with Crippen molar-refractivity contribution in [3.63, 3.8) is 0 Å². The molecule has 20 heavy (non-hydrogen) atoms. The Morgan fingerprint density at radius 1 is 1.20 bits per heavy atom. The molecule has 0 saturated heterocycles. The molecular formula is C15H19BrN4. The summed E-state index contributed by atoms with van der Waals surface area (Å²) in [5, 5.41) is 0. The molecule has 2 aromatic rings. The minimum absolute atomic E-state index is 0.290. The highest BCUT2D eigenvalue weighted by atomic mass is 79.9. The molecule has 1 heterocycles. The van der Waals surface area contributed by atoms with Gasteiger partial charge in [-0.15, -0.1) is 0 Å². The van der Waals surface area contributed by atoms with Crippen LogP contribution in [0.2, 0.25) is 0 Å². The molecule has 0 unspecified atom stereocenters. The SMILES string of the molecule is CC(C)c1c(N)ncnc1N(C)Cc1ccc(Br)cc1. The lowest BCUT2D eigenvalue weighted by Crippen LogP contribution is -2.21. The quantitative estimate of drug-likeness (QED) is 0.928. The van der Waals surface area contributed by atoms with Gasteiger partial charge >= 0.3 is 0 Å². The molecule has 0 atom stereocenters. The number of aromatic nitrogens is 2. The van der Waals surface area contributed by atoms with Crippen molar-refractivity contribution in [2.45, 2.75) is 26.3 Å². The number of nitrogen functional groups attached to an aromatic ring is 1. The van der Waals surface area contributed by atoms with Crippen molar-refractivity contribution in [3.8, 4) is 0 Å². The fourth-order valence-corrected chi connectivity index (χ4v) is 2.46. The number of rotatable bonds is 4. The minimum Gasteiger partial charge on any atom is -0.383 e. The molecule has 0 radical (unpaired) electrons. The monoisotopic (exact) mass is 334 g/mol. The van der Waals surface area contributed by atoms with Gasteiger partial charge in [0.2, 0.25) is 0 Å². The van der Waals surface area contributed by atoms with Crippen LogP contribution in [0.15, 0.2) is 35.1 Å². The van der Waals surface area contributed by atoms with Crippen LogP contribution in [-0.4, -0.2) is 17.0 Å². The lowest BCUT2D eigenvalue weighted by Gasteiger charge is -2.23. The van der Waals surface area contributed by atoms with E-state index in [4.69, 9.17) is 5.73 Å². The van der Waals surface area contributed by atoms with E-state index in [1.165, 1.54) is 11.9 Å². The van der Waals surface area contributed by atoms with E-state index in [-0.39, 0.29) is 0 Å². The number of benzene rings is 1. The normalized spacial score (nSPS) is 10.8. The average molecular weight is 335 g/mol. The van der Waals surface area contributed by atoms with Gasteiger partial charge < -0.3 is 10.6 Å². The third-order valence-electron chi connectivity index (χ3n) is 3.17. The summed E-state index contributed by atoms with van der Waals surface area (Å²) < 4.78 is 1.08. The minimum atomic E-state index is 0.290. The fraction of sp³-hybridized carbons (Fsp3) is 0.333. The third-order valence-corrected chi connectivity index (χ3v) is 3.69. The van der Waals surface area contributed by atoms with Crippen molar-refractivity contribution in [1.82, 2.24) is 9.97 Å². The zero-order valence-corrected chi connectivity index (χ0v) is 13.6. The zero-order valence-electron chi connectivity index (χ0n) is 12.0. The van der Waals surface area contributed by atoms with Crippen LogP contribution in [0.1, 0.15) is 30.9 Å². The van der Waals surface area contributed by atoms with Gasteiger partial charge in [-0.3, -0.25) is 0 Å². The number of hydrogen-bond donors (Lipinski definition) is 1. The second-order valence-corrected chi connectivity index (χ2v) is 6.05. The van der Waals surface area contributed by atoms with Crippen LogP contribution >= 0.6 is 15.9 Å². The number of nitrogens with zero attached hydrogens (tertiary/aromatic N) is 3. The van der Waals surface area contributed by atoms with Gasteiger partial charge in [-0.2, -0.15) is 0 Å². The molecule has 0 spiro atoms. The lowest BCUT2D eigenvalue weighted by molar-refractivity contribution is 0.812. The van der Waals surface area contributed by atoms with E-state index < -0.39 is 0 Å². The van der Waals surface area contributed by atoms with Gasteiger partial charge in [-0.25, -0.2) is 9.97 Å². The summed E-state index contributed by atoms with van der Waals surface area (Å²) in [6, 6.07) is 8.28. The molecule has 2 rings (SSSR count). The van der Waals surface area contributed by atoms with Gasteiger partial charge in [0.25, 0.3) is 0 Å². The Morgan fingerprint density at radius 2 is 1.85 bits per heavy atom. The van der Waals surface area contributed by atoms with Crippen LogP contribution in [0.5, 0.6) is 0 Å². The summed E-state index contributed by atoms with van der Waals surface area (Å²) in [6.45, 7) is 4.99. The van der Waals surface area contributed by atoms with Crippen LogP contribution in [0.3, 0.4) is 0 Å². The molecule has 0 fully saturated rings. The Bertz CT molecular complexity index is 581. The predicted octanol–water partition coefficient (Wildman–Crippen LogP) is 3.58. The zero-order chi connectivity index (χ0) is 14.7. The Hall–Kier alpha value is -1.62. The Balaban J connectivity index is 2.27. The highest BCUT2D eigenvalue weighted by molar-refractivity contribution is 9.10. The van der Waals surface area contributed by atoms with Crippen LogP contribution < -0.4 is 10.6 Å². The van der Waals surface area contributed by atoms with Crippen molar-refractivity contribution >= 4 is 27.6 Å². The lowest BCUT2D eigenvalue weighted by atomic mass is 10.0. The molecule has 1 aromatic carbocycles. The van der Waals surface area contributed by atoms with Gasteiger partial charge in [-0.1, -0.05) is 41.9 Å². The average Bonchev–Trinajstić information content (AvgIpc) is 2.40. The second kappa shape index (κ2) is 6.22. The van der Waals surface area contributed by atoms with E-state index in [1.807, 2.05) is 19.2 Å². The smallest absolute Gasteiger partial charge is 0.137 e. The van der Waals surface area contributed by atoms with E-state index in [0.29, 0.717) is 11.7 Å². The van der Waals surface area contributed by atoms with Crippen LogP contribution in [0, 0.1) is 0 Å². The molecule has 4 nitrogen and oxygen atoms in total. The first kappa shape index (κ1) is 14.8. The summed E-state index contributed by atoms with van der Waals surface area (Å²) in [7, 11) is 2.02. The van der Waals surface area contributed by atoms with Crippen LogP contribution in [0.25, 0.3) is 0 Å². The molecule has 0 saturated carbocycles. The first-order valence-electron chi connectivity index (χ1n) is 6.55. The van der Waals surface area contributed by atoms with Crippen molar-refractivity contribution in [2.75, 3.05) is 17.7 Å². The standard InChI is InChI=1S/C15H19BrN4/c1-10(2)13-14(17)18-9-19-15(13)20(3)8-11-4-6-12(16)7-5-11/h4-7,9-10H,8H2,1-3H3,(H2,17,18,19). The van der Waals surface area contributed by atoms with Crippen molar-refractivity contribution in [3.05, 3.63) is 46.2 Å². The molecule has 0 aliphatic heterocycles. The first-order chi connectivity index (χ1) is 9.49. The topological polar surface area (TPSA) is 55.0 Å². The van der Waals surface area contributed by atoms with Crippen LogP contribution in [0.4, 0.5) is 11.6 Å². The maximum atomic E-state index is 5.99. The van der Waals surface area contributed by atoms with Crippen LogP contribution in [-0.2, 0) is 6.54 Å². The van der Waals surface area contributed by atoms with E-state index >= 15 is 0 Å². The molecule has 2 N–H and O–H groups in total. The van der Waals surface area contributed by atoms with Gasteiger partial charge in [-0.05, 0) is 23.6 Å². The largest absolute Gasteiger partial charge is 0.383 e. The highest BCUT2D eigenvalue weighted by Crippen LogP contribution is 2.29. The van der Waals surface area contributed by atoms with E-state index in [1.54, 1.807) is 0 Å². The van der Waals surface area contributed by atoms with E-state index in [2.05, 4.69) is 56.8 Å². The maximum absolute atomic E-state index is 5.99. The molecule has 0 amide bonds. The fourth-order valence-electron chi connectivity index (χ4n) is 2.20. The van der Waals surface area contributed by atoms with Crippen molar-refractivity contribution in [2.24, 2.45) is 0 Å². The van der Waals surface area contributed by atoms with E-state index in [9.17, 15) is 0 Å². The number of hydrogen-bond acceptors (Lipinski definition) is 4. The van der Waals surface area contributed by atoms with Gasteiger partial charge in [0.05, 0.1) is 0 Å². The molecule has 1 aromatic heterocycles. The van der Waals surface area contributed by atoms with Crippen molar-refractivity contribution < 1.29 is 0 Å². The summed E-state index contributed by atoms with van der Waals surface area (Å²) in [4.78, 5) is 10.6. The summed E-state index contributed by atoms with van der Waals surface area (Å²) >= 11 is 3.45. The van der Waals surface area contributed by atoms with Gasteiger partial charge in [0.15, 0.2) is 0 Å². The Labute approximate surface area is 128 Å². The molecule has 0 aliphatic carbocycles. The maximum Gasteiger partial charge on any atom is 0.137 e. The summed E-state index contributed by atoms with van der Waals surface area (Å²) in [5.41, 5.74) is 8.22. The van der Waals surface area contributed by atoms with E-state index in [0.717, 1.165) is 22.4 Å². The Kier molecular flexibility index (Phi) is 4.60. The molecule has 5 heteroatoms. The number of anilines is 2. The molecule has 106 valence electrons. The van der Waals surface area contributed by atoms with Gasteiger partial charge in [0.1, 0.15) is 18.0 Å². The number of halogens is 1. The molecular weight excluding hydrogens is 316 g/mol. The summed E-state index contributed by atoms with van der Waals surface area (Å²) in [6.07, 6.45) is 1.52.